The molecule has 27 heavy (non-hydrogen) atoms. The van der Waals surface area contributed by atoms with E-state index in [0.717, 1.165) is 0 Å². The van der Waals surface area contributed by atoms with Gasteiger partial charge in [-0.25, -0.2) is 13.4 Å². The molecule has 1 aromatic carbocycles. The fourth-order valence-corrected chi connectivity index (χ4v) is 3.72. The van der Waals surface area contributed by atoms with Crippen LogP contribution in [0.1, 0.15) is 25.5 Å². The fraction of sp³-hybridized carbons (Fsp3) is 0.235. The molecule has 0 radical (unpaired) electrons. The van der Waals surface area contributed by atoms with Gasteiger partial charge in [0.1, 0.15) is 10.7 Å². The number of nitrogens with zero attached hydrogens (tertiary/aromatic N) is 3. The Morgan fingerprint density at radius 3 is 2.52 bits per heavy atom. The minimum absolute atomic E-state index is 0.00920. The Morgan fingerprint density at radius 1 is 1.22 bits per heavy atom. The topological polar surface area (TPSA) is 94.0 Å². The van der Waals surface area contributed by atoms with Crippen LogP contribution in [0.2, 0.25) is 5.02 Å². The van der Waals surface area contributed by atoms with E-state index in [-0.39, 0.29) is 27.5 Å². The maximum atomic E-state index is 12.4. The lowest BCUT2D eigenvalue weighted by molar-refractivity contribution is 0.595. The predicted octanol–water partition coefficient (Wildman–Crippen LogP) is 4.01. The molecule has 0 atom stereocenters. The van der Waals surface area contributed by atoms with Crippen LogP contribution in [0, 0.1) is 6.92 Å². The molecule has 1 N–H and O–H groups in total. The molecule has 0 aliphatic heterocycles. The minimum atomic E-state index is -3.81. The lowest BCUT2D eigenvalue weighted by Gasteiger charge is -2.15. The lowest BCUT2D eigenvalue weighted by Crippen LogP contribution is -2.23. The summed E-state index contributed by atoms with van der Waals surface area (Å²) in [5.41, 5.74) is 1.40. The average molecular weight is 427 g/mol. The second-order valence-corrected chi connectivity index (χ2v) is 9.25. The summed E-state index contributed by atoms with van der Waals surface area (Å²) in [7, 11) is 1.56. The first-order chi connectivity index (χ1) is 12.6. The SMILES string of the molecule is Cc1cc(S(=O)(=O)Cl)ccc1Nc1ncc2cc(Cl)c(=O)n(C(C)C)c2n1. The minimum Gasteiger partial charge on any atom is -0.324 e. The monoisotopic (exact) mass is 426 g/mol. The first-order valence-electron chi connectivity index (χ1n) is 7.98. The molecule has 3 rings (SSSR count). The number of benzene rings is 1. The van der Waals surface area contributed by atoms with Crippen molar-refractivity contribution in [3.8, 4) is 0 Å². The van der Waals surface area contributed by atoms with E-state index in [1.165, 1.54) is 22.8 Å². The molecular formula is C17H16Cl2N4O3S. The smallest absolute Gasteiger partial charge is 0.271 e. The Balaban J connectivity index is 2.08. The highest BCUT2D eigenvalue weighted by Gasteiger charge is 2.15. The molecule has 0 aliphatic rings. The Morgan fingerprint density at radius 2 is 1.93 bits per heavy atom. The highest BCUT2D eigenvalue weighted by atomic mass is 35.7. The maximum absolute atomic E-state index is 12.4. The van der Waals surface area contributed by atoms with Crippen LogP contribution in [-0.2, 0) is 9.05 Å². The van der Waals surface area contributed by atoms with Crippen molar-refractivity contribution in [2.75, 3.05) is 5.32 Å². The van der Waals surface area contributed by atoms with Crippen LogP contribution in [0.5, 0.6) is 0 Å². The molecule has 10 heteroatoms. The van der Waals surface area contributed by atoms with Gasteiger partial charge in [0.15, 0.2) is 0 Å². The standard InChI is InChI=1S/C17H16Cl2N4O3S/c1-9(2)23-15-11(7-13(18)16(23)24)8-20-17(22-15)21-14-5-4-12(6-10(14)3)27(19,25)26/h4-9H,1-3H3,(H,20,21,22). The van der Waals surface area contributed by atoms with Crippen molar-refractivity contribution in [3.63, 3.8) is 0 Å². The molecule has 0 spiro atoms. The van der Waals surface area contributed by atoms with E-state index in [9.17, 15) is 13.2 Å². The summed E-state index contributed by atoms with van der Waals surface area (Å²) in [5.74, 6) is 0.267. The van der Waals surface area contributed by atoms with Crippen LogP contribution in [0.3, 0.4) is 0 Å². The van der Waals surface area contributed by atoms with E-state index >= 15 is 0 Å². The molecule has 0 fully saturated rings. The van der Waals surface area contributed by atoms with Gasteiger partial charge in [-0.1, -0.05) is 11.6 Å². The molecular weight excluding hydrogens is 411 g/mol. The molecule has 0 aliphatic carbocycles. The largest absolute Gasteiger partial charge is 0.324 e. The van der Waals surface area contributed by atoms with Gasteiger partial charge in [0.05, 0.1) is 4.90 Å². The second kappa shape index (κ2) is 7.10. The van der Waals surface area contributed by atoms with Gasteiger partial charge < -0.3 is 5.32 Å². The molecule has 0 amide bonds. The summed E-state index contributed by atoms with van der Waals surface area (Å²) < 4.78 is 24.4. The van der Waals surface area contributed by atoms with Gasteiger partial charge in [-0.05, 0) is 50.6 Å². The van der Waals surface area contributed by atoms with Gasteiger partial charge in [-0.15, -0.1) is 0 Å². The maximum Gasteiger partial charge on any atom is 0.271 e. The van der Waals surface area contributed by atoms with Crippen LogP contribution in [0.4, 0.5) is 11.6 Å². The number of fused-ring (bicyclic) bond motifs is 1. The number of rotatable bonds is 4. The van der Waals surface area contributed by atoms with Gasteiger partial charge in [-0.3, -0.25) is 9.36 Å². The summed E-state index contributed by atoms with van der Waals surface area (Å²) in [5, 5.41) is 3.78. The third kappa shape index (κ3) is 3.92. The number of pyridine rings is 1. The van der Waals surface area contributed by atoms with Crippen molar-refractivity contribution in [2.45, 2.75) is 31.7 Å². The van der Waals surface area contributed by atoms with Crippen LogP contribution in [0.15, 0.2) is 40.2 Å². The molecule has 2 heterocycles. The number of anilines is 2. The molecule has 142 valence electrons. The zero-order valence-electron chi connectivity index (χ0n) is 14.7. The van der Waals surface area contributed by atoms with Crippen molar-refractivity contribution in [2.24, 2.45) is 0 Å². The van der Waals surface area contributed by atoms with Crippen LogP contribution in [-0.4, -0.2) is 23.0 Å². The molecule has 3 aromatic rings. The van der Waals surface area contributed by atoms with Gasteiger partial charge >= 0.3 is 0 Å². The summed E-state index contributed by atoms with van der Waals surface area (Å²) in [6.45, 7) is 5.46. The van der Waals surface area contributed by atoms with Gasteiger partial charge in [-0.2, -0.15) is 4.98 Å². The molecule has 0 unspecified atom stereocenters. The van der Waals surface area contributed by atoms with E-state index in [0.29, 0.717) is 22.3 Å². The number of aryl methyl sites for hydroxylation is 1. The van der Waals surface area contributed by atoms with E-state index in [4.69, 9.17) is 22.3 Å². The van der Waals surface area contributed by atoms with Crippen LogP contribution in [0.25, 0.3) is 11.0 Å². The molecule has 0 bridgehead atoms. The van der Waals surface area contributed by atoms with Gasteiger partial charge in [0.2, 0.25) is 5.95 Å². The Hall–Kier alpha value is -2.16. The van der Waals surface area contributed by atoms with Crippen molar-refractivity contribution < 1.29 is 8.42 Å². The van der Waals surface area contributed by atoms with Crippen molar-refractivity contribution in [1.29, 1.82) is 0 Å². The molecule has 0 saturated heterocycles. The highest BCUT2D eigenvalue weighted by Crippen LogP contribution is 2.25. The second-order valence-electron chi connectivity index (χ2n) is 6.27. The summed E-state index contributed by atoms with van der Waals surface area (Å²) in [4.78, 5) is 21.1. The summed E-state index contributed by atoms with van der Waals surface area (Å²) >= 11 is 6.01. The van der Waals surface area contributed by atoms with Crippen molar-refractivity contribution in [3.05, 3.63) is 51.4 Å². The van der Waals surface area contributed by atoms with Crippen LogP contribution < -0.4 is 10.9 Å². The zero-order valence-corrected chi connectivity index (χ0v) is 17.0. The summed E-state index contributed by atoms with van der Waals surface area (Å²) in [6.07, 6.45) is 1.57. The normalized spacial score (nSPS) is 11.9. The average Bonchev–Trinajstić information content (AvgIpc) is 2.56. The fourth-order valence-electron chi connectivity index (χ4n) is 2.67. The predicted molar refractivity (Wildman–Crippen MR) is 107 cm³/mol. The van der Waals surface area contributed by atoms with Crippen molar-refractivity contribution in [1.82, 2.24) is 14.5 Å². The Bertz CT molecular complexity index is 1210. The number of aromatic nitrogens is 3. The molecule has 7 nitrogen and oxygen atoms in total. The molecule has 2 aromatic heterocycles. The third-order valence-electron chi connectivity index (χ3n) is 3.97. The van der Waals surface area contributed by atoms with Gasteiger partial charge in [0, 0.05) is 34.0 Å². The Labute approximate surface area is 165 Å². The van der Waals surface area contributed by atoms with E-state index in [1.807, 2.05) is 13.8 Å². The first-order valence-corrected chi connectivity index (χ1v) is 10.7. The number of halogens is 2. The van der Waals surface area contributed by atoms with Crippen LogP contribution >= 0.6 is 22.3 Å². The lowest BCUT2D eigenvalue weighted by atomic mass is 10.2. The summed E-state index contributed by atoms with van der Waals surface area (Å²) in [6, 6.07) is 5.82. The zero-order chi connectivity index (χ0) is 19.9. The first kappa shape index (κ1) is 19.6. The molecule has 0 saturated carbocycles. The number of nitrogens with one attached hydrogen (secondary N) is 1. The number of hydrogen-bond acceptors (Lipinski definition) is 6. The van der Waals surface area contributed by atoms with Gasteiger partial charge in [0.25, 0.3) is 14.6 Å². The van der Waals surface area contributed by atoms with E-state index in [1.54, 1.807) is 19.2 Å². The Kier molecular flexibility index (Phi) is 5.16. The number of hydrogen-bond donors (Lipinski definition) is 1. The highest BCUT2D eigenvalue weighted by molar-refractivity contribution is 8.13. The third-order valence-corrected chi connectivity index (χ3v) is 5.59. The van der Waals surface area contributed by atoms with E-state index in [2.05, 4.69) is 15.3 Å². The quantitative estimate of drug-likeness (QED) is 0.633. The van der Waals surface area contributed by atoms with Crippen molar-refractivity contribution >= 4 is 54.0 Å². The van der Waals surface area contributed by atoms with E-state index < -0.39 is 9.05 Å².